The van der Waals surface area contributed by atoms with Crippen molar-refractivity contribution in [2.75, 3.05) is 19.0 Å². The average molecular weight is 442 g/mol. The minimum Gasteiger partial charge on any atom is -0.493 e. The zero-order chi connectivity index (χ0) is 23.0. The Hall–Kier alpha value is -4.11. The van der Waals surface area contributed by atoms with E-state index >= 15 is 0 Å². The maximum Gasteiger partial charge on any atom is 0.168 e. The molecule has 3 aromatic carbocycles. The maximum atomic E-state index is 14.3. The Balaban J connectivity index is 1.50. The molecule has 1 fully saturated rings. The quantitative estimate of drug-likeness (QED) is 0.377. The highest BCUT2D eigenvalue weighted by Gasteiger charge is 2.23. The van der Waals surface area contributed by atoms with Crippen molar-refractivity contribution >= 4 is 29.4 Å². The van der Waals surface area contributed by atoms with Crippen molar-refractivity contribution in [3.05, 3.63) is 83.7 Å². The Morgan fingerprint density at radius 1 is 1.12 bits per heavy atom. The Kier molecular flexibility index (Phi) is 7.01. The Morgan fingerprint density at radius 2 is 1.97 bits per heavy atom. The van der Waals surface area contributed by atoms with Gasteiger partial charge >= 0.3 is 0 Å². The first kappa shape index (κ1) is 22.1. The number of hydrogen-bond acceptors (Lipinski definition) is 5. The van der Waals surface area contributed by atoms with Gasteiger partial charge in [0.2, 0.25) is 0 Å². The van der Waals surface area contributed by atoms with E-state index in [9.17, 15) is 4.39 Å². The number of halogens is 1. The van der Waals surface area contributed by atoms with Gasteiger partial charge in [0.1, 0.15) is 5.82 Å². The van der Waals surface area contributed by atoms with Crippen LogP contribution in [-0.2, 0) is 0 Å². The van der Waals surface area contributed by atoms with Gasteiger partial charge in [-0.25, -0.2) is 4.39 Å². The predicted octanol–water partition coefficient (Wildman–Crippen LogP) is 6.65. The van der Waals surface area contributed by atoms with E-state index in [4.69, 9.17) is 14.7 Å². The standard InChI is InChI=1S/C27H24FN3O2/c1-32-26-10-4-6-21(27(26)33-18-19-11-12-19)7-5-15-30-24-8-2-3-9-25(24)31-23-14-13-20(17-29)16-22(23)28/h2-10,13-16,19,31H,11-12,18H2,1H3/b7-5+,30-15?. The molecule has 0 heterocycles. The van der Waals surface area contributed by atoms with E-state index in [2.05, 4.69) is 10.3 Å². The lowest BCUT2D eigenvalue weighted by Gasteiger charge is -2.13. The highest BCUT2D eigenvalue weighted by molar-refractivity contribution is 5.84. The largest absolute Gasteiger partial charge is 0.493 e. The molecule has 0 atom stereocenters. The predicted molar refractivity (Wildman–Crippen MR) is 129 cm³/mol. The summed E-state index contributed by atoms with van der Waals surface area (Å²) in [5.41, 5.74) is 2.77. The van der Waals surface area contributed by atoms with Gasteiger partial charge in [-0.05, 0) is 67.3 Å². The van der Waals surface area contributed by atoms with Crippen LogP contribution in [0.1, 0.15) is 24.0 Å². The number of ether oxygens (including phenoxy) is 2. The van der Waals surface area contributed by atoms with Crippen molar-refractivity contribution in [2.45, 2.75) is 12.8 Å². The highest BCUT2D eigenvalue weighted by Crippen LogP contribution is 2.35. The van der Waals surface area contributed by atoms with Gasteiger partial charge < -0.3 is 14.8 Å². The fourth-order valence-corrected chi connectivity index (χ4v) is 3.26. The smallest absolute Gasteiger partial charge is 0.168 e. The highest BCUT2D eigenvalue weighted by atomic mass is 19.1. The second kappa shape index (κ2) is 10.5. The second-order valence-electron chi connectivity index (χ2n) is 7.72. The minimum atomic E-state index is -0.496. The van der Waals surface area contributed by atoms with Crippen molar-refractivity contribution in [3.63, 3.8) is 0 Å². The summed E-state index contributed by atoms with van der Waals surface area (Å²) in [7, 11) is 1.63. The Labute approximate surface area is 192 Å². The zero-order valence-electron chi connectivity index (χ0n) is 18.3. The zero-order valence-corrected chi connectivity index (χ0v) is 18.3. The summed E-state index contributed by atoms with van der Waals surface area (Å²) in [5, 5.41) is 12.0. The van der Waals surface area contributed by atoms with Gasteiger partial charge in [0.05, 0.1) is 42.4 Å². The van der Waals surface area contributed by atoms with Crippen molar-refractivity contribution in [1.82, 2.24) is 0 Å². The van der Waals surface area contributed by atoms with Crippen LogP contribution >= 0.6 is 0 Å². The monoisotopic (exact) mass is 441 g/mol. The van der Waals surface area contributed by atoms with E-state index < -0.39 is 5.82 Å². The maximum absolute atomic E-state index is 14.3. The van der Waals surface area contributed by atoms with Crippen LogP contribution in [0.4, 0.5) is 21.5 Å². The van der Waals surface area contributed by atoms with Crippen molar-refractivity contribution < 1.29 is 13.9 Å². The van der Waals surface area contributed by atoms with Gasteiger partial charge in [-0.2, -0.15) is 5.26 Å². The number of allylic oxidation sites excluding steroid dienone is 1. The van der Waals surface area contributed by atoms with E-state index in [1.54, 1.807) is 25.5 Å². The third-order valence-electron chi connectivity index (χ3n) is 5.24. The molecule has 3 aromatic rings. The summed E-state index contributed by atoms with van der Waals surface area (Å²) in [6.45, 7) is 0.695. The fourth-order valence-electron chi connectivity index (χ4n) is 3.26. The lowest BCUT2D eigenvalue weighted by Crippen LogP contribution is -2.02. The van der Waals surface area contributed by atoms with E-state index in [-0.39, 0.29) is 11.3 Å². The molecule has 0 unspecified atom stereocenters. The van der Waals surface area contributed by atoms with E-state index in [0.29, 0.717) is 29.6 Å². The van der Waals surface area contributed by atoms with E-state index in [1.807, 2.05) is 60.7 Å². The average Bonchev–Trinajstić information content (AvgIpc) is 3.67. The van der Waals surface area contributed by atoms with Crippen molar-refractivity contribution in [2.24, 2.45) is 10.9 Å². The van der Waals surface area contributed by atoms with Crippen LogP contribution in [-0.4, -0.2) is 19.9 Å². The summed E-state index contributed by atoms with van der Waals surface area (Å²) in [5.74, 6) is 1.58. The first-order chi connectivity index (χ1) is 16.2. The molecule has 0 bridgehead atoms. The van der Waals surface area contributed by atoms with Gasteiger partial charge in [0, 0.05) is 11.8 Å². The molecule has 166 valence electrons. The first-order valence-electron chi connectivity index (χ1n) is 10.7. The first-order valence-corrected chi connectivity index (χ1v) is 10.7. The van der Waals surface area contributed by atoms with Gasteiger partial charge in [0.25, 0.3) is 0 Å². The molecule has 0 aromatic heterocycles. The van der Waals surface area contributed by atoms with E-state index in [1.165, 1.54) is 18.9 Å². The number of nitriles is 1. The SMILES string of the molecule is COc1cccc(/C=C/C=Nc2ccccc2Nc2ccc(C#N)cc2F)c1OCC1CC1. The number of nitrogens with zero attached hydrogens (tertiary/aromatic N) is 2. The molecular formula is C27H24FN3O2. The number of anilines is 2. The molecule has 5 nitrogen and oxygen atoms in total. The summed E-state index contributed by atoms with van der Waals surface area (Å²) < 4.78 is 25.8. The van der Waals surface area contributed by atoms with Gasteiger partial charge in [-0.15, -0.1) is 0 Å². The van der Waals surface area contributed by atoms with Crippen LogP contribution in [0, 0.1) is 23.1 Å². The number of hydrogen-bond donors (Lipinski definition) is 1. The molecule has 1 N–H and O–H groups in total. The third-order valence-corrected chi connectivity index (χ3v) is 5.24. The number of nitrogens with one attached hydrogen (secondary N) is 1. The van der Waals surface area contributed by atoms with Crippen molar-refractivity contribution in [1.29, 1.82) is 5.26 Å². The summed E-state index contributed by atoms with van der Waals surface area (Å²) in [6, 6.07) is 19.4. The Bertz CT molecular complexity index is 1230. The Morgan fingerprint density at radius 3 is 2.73 bits per heavy atom. The molecule has 33 heavy (non-hydrogen) atoms. The van der Waals surface area contributed by atoms with Crippen LogP contribution in [0.15, 0.2) is 71.7 Å². The van der Waals surface area contributed by atoms with Crippen molar-refractivity contribution in [3.8, 4) is 17.6 Å². The molecule has 0 radical (unpaired) electrons. The van der Waals surface area contributed by atoms with Crippen LogP contribution in [0.5, 0.6) is 11.5 Å². The second-order valence-corrected chi connectivity index (χ2v) is 7.72. The molecule has 0 aliphatic heterocycles. The molecular weight excluding hydrogens is 417 g/mol. The molecule has 0 amide bonds. The van der Waals surface area contributed by atoms with E-state index in [0.717, 1.165) is 11.3 Å². The van der Waals surface area contributed by atoms with Crippen LogP contribution in [0.2, 0.25) is 0 Å². The van der Waals surface area contributed by atoms with Crippen LogP contribution < -0.4 is 14.8 Å². The van der Waals surface area contributed by atoms with Gasteiger partial charge in [-0.3, -0.25) is 4.99 Å². The molecule has 1 saturated carbocycles. The molecule has 4 rings (SSSR count). The third kappa shape index (κ3) is 5.78. The summed E-state index contributed by atoms with van der Waals surface area (Å²) in [4.78, 5) is 4.52. The lowest BCUT2D eigenvalue weighted by atomic mass is 10.1. The molecule has 1 aliphatic rings. The number of rotatable bonds is 9. The number of para-hydroxylation sites is 3. The summed E-state index contributed by atoms with van der Waals surface area (Å²) >= 11 is 0. The summed E-state index contributed by atoms with van der Waals surface area (Å²) in [6.07, 6.45) is 7.86. The van der Waals surface area contributed by atoms with Gasteiger partial charge in [0.15, 0.2) is 11.5 Å². The topological polar surface area (TPSA) is 66.6 Å². The number of benzene rings is 3. The molecule has 0 saturated heterocycles. The van der Waals surface area contributed by atoms with Crippen LogP contribution in [0.3, 0.4) is 0 Å². The van der Waals surface area contributed by atoms with Gasteiger partial charge in [-0.1, -0.05) is 24.3 Å². The molecule has 0 spiro atoms. The fraction of sp³-hybridized carbons (Fsp3) is 0.185. The molecule has 6 heteroatoms. The normalized spacial score (nSPS) is 13.2. The van der Waals surface area contributed by atoms with Crippen LogP contribution in [0.25, 0.3) is 6.08 Å². The molecule has 1 aliphatic carbocycles. The number of methoxy groups -OCH3 is 1. The lowest BCUT2D eigenvalue weighted by molar-refractivity contribution is 0.280. The minimum absolute atomic E-state index is 0.271. The number of aliphatic imine (C=N–C) groups is 1.